The van der Waals surface area contributed by atoms with Gasteiger partial charge in [0.25, 0.3) is 11.5 Å². The third-order valence-corrected chi connectivity index (χ3v) is 7.42. The quantitative estimate of drug-likeness (QED) is 0.516. The first kappa shape index (κ1) is 23.0. The number of nitrogens with zero attached hydrogens (tertiary/aromatic N) is 3. The number of piperazine rings is 1. The zero-order chi connectivity index (χ0) is 24.4. The van der Waals surface area contributed by atoms with E-state index in [0.29, 0.717) is 39.5 Å². The number of hydrogen-bond donors (Lipinski definition) is 1. The average Bonchev–Trinajstić information content (AvgIpc) is 3.63. The lowest BCUT2D eigenvalue weighted by Crippen LogP contribution is -3.14. The van der Waals surface area contributed by atoms with Crippen LogP contribution in [0.1, 0.15) is 18.2 Å². The van der Waals surface area contributed by atoms with Crippen LogP contribution in [0.4, 0.5) is 0 Å². The topological polar surface area (TPSA) is 102 Å². The number of ether oxygens (including phenoxy) is 2. The molecule has 0 atom stereocenters. The van der Waals surface area contributed by atoms with Gasteiger partial charge in [0, 0.05) is 0 Å². The summed E-state index contributed by atoms with van der Waals surface area (Å²) in [6.45, 7) is 6.25. The molecule has 1 saturated heterocycles. The molecule has 1 N–H and O–H groups in total. The number of carbonyl (C=O) groups is 1. The Morgan fingerprint density at radius 1 is 1.23 bits per heavy atom. The number of nitriles is 1. The predicted molar refractivity (Wildman–Crippen MR) is 129 cm³/mol. The van der Waals surface area contributed by atoms with Crippen molar-refractivity contribution in [3.8, 4) is 17.6 Å². The number of quaternary nitrogens is 1. The van der Waals surface area contributed by atoms with E-state index in [-0.39, 0.29) is 30.4 Å². The van der Waals surface area contributed by atoms with Crippen molar-refractivity contribution in [2.45, 2.75) is 13.5 Å². The second-order valence-corrected chi connectivity index (χ2v) is 9.41. The second kappa shape index (κ2) is 9.82. The van der Waals surface area contributed by atoms with Crippen molar-refractivity contribution in [2.24, 2.45) is 0 Å². The van der Waals surface area contributed by atoms with Gasteiger partial charge >= 0.3 is 0 Å². The van der Waals surface area contributed by atoms with E-state index in [9.17, 15) is 14.9 Å². The van der Waals surface area contributed by atoms with Crippen LogP contribution in [-0.4, -0.2) is 54.9 Å². The lowest BCUT2D eigenvalue weighted by atomic mass is 10.2. The highest BCUT2D eigenvalue weighted by Gasteiger charge is 2.27. The zero-order valence-electron chi connectivity index (χ0n) is 19.3. The monoisotopic (exact) mass is 493 g/mol. The molecule has 2 aromatic heterocycles. The molecule has 2 aliphatic heterocycles. The van der Waals surface area contributed by atoms with Crippen LogP contribution in [0, 0.1) is 11.3 Å². The Labute approximate surface area is 205 Å². The van der Waals surface area contributed by atoms with Crippen LogP contribution < -0.4 is 29.1 Å². The molecular formula is C25H25N4O5S+. The Hall–Kier alpha value is -3.81. The molecular weight excluding hydrogens is 468 g/mol. The van der Waals surface area contributed by atoms with Gasteiger partial charge in [-0.3, -0.25) is 14.2 Å². The minimum absolute atomic E-state index is 0.0241. The van der Waals surface area contributed by atoms with Gasteiger partial charge in [-0.1, -0.05) is 6.07 Å². The summed E-state index contributed by atoms with van der Waals surface area (Å²) in [5.74, 6) is 1.48. The van der Waals surface area contributed by atoms with Gasteiger partial charge in [0.2, 0.25) is 6.79 Å². The van der Waals surface area contributed by atoms with Crippen molar-refractivity contribution in [1.29, 1.82) is 5.26 Å². The maximum absolute atomic E-state index is 13.4. The van der Waals surface area contributed by atoms with Crippen molar-refractivity contribution in [2.75, 3.05) is 39.5 Å². The van der Waals surface area contributed by atoms with Gasteiger partial charge in [-0.15, -0.1) is 11.3 Å². The highest BCUT2D eigenvalue weighted by atomic mass is 32.1. The number of likely N-dealkylation sites (N-methyl/N-ethyl adjacent to an activating group) is 1. The number of thiazole rings is 1. The highest BCUT2D eigenvalue weighted by Crippen LogP contribution is 2.32. The summed E-state index contributed by atoms with van der Waals surface area (Å²) in [4.78, 5) is 30.0. The maximum atomic E-state index is 13.4. The third-order valence-electron chi connectivity index (χ3n) is 6.29. The van der Waals surface area contributed by atoms with Crippen LogP contribution in [0.2, 0.25) is 0 Å². The first-order valence-electron chi connectivity index (χ1n) is 11.5. The third kappa shape index (κ3) is 4.60. The molecule has 1 amide bonds. The smallest absolute Gasteiger partial charge is 0.269 e. The minimum atomic E-state index is -0.341. The molecule has 0 radical (unpaired) electrons. The van der Waals surface area contributed by atoms with Crippen LogP contribution in [0.3, 0.4) is 0 Å². The summed E-state index contributed by atoms with van der Waals surface area (Å²) in [6.07, 6.45) is 3.27. The van der Waals surface area contributed by atoms with Crippen molar-refractivity contribution < 1.29 is 23.6 Å². The first-order valence-corrected chi connectivity index (χ1v) is 12.3. The molecule has 4 heterocycles. The number of amides is 1. The lowest BCUT2D eigenvalue weighted by molar-refractivity contribution is -0.902. The van der Waals surface area contributed by atoms with Gasteiger partial charge in [0.15, 0.2) is 17.1 Å². The van der Waals surface area contributed by atoms with Crippen LogP contribution in [0.25, 0.3) is 11.6 Å². The van der Waals surface area contributed by atoms with Gasteiger partial charge < -0.3 is 23.7 Å². The Morgan fingerprint density at radius 2 is 2.03 bits per heavy atom. The Bertz CT molecular complexity index is 1460. The Kier molecular flexibility index (Phi) is 6.44. The fourth-order valence-electron chi connectivity index (χ4n) is 4.29. The van der Waals surface area contributed by atoms with E-state index in [2.05, 4.69) is 13.0 Å². The fourth-order valence-corrected chi connectivity index (χ4v) is 5.38. The molecule has 0 unspecified atom stereocenters. The first-order chi connectivity index (χ1) is 17.1. The highest BCUT2D eigenvalue weighted by molar-refractivity contribution is 7.07. The van der Waals surface area contributed by atoms with Gasteiger partial charge in [-0.2, -0.15) is 5.26 Å². The largest absolute Gasteiger partial charge is 0.467 e. The molecule has 9 nitrogen and oxygen atoms in total. The van der Waals surface area contributed by atoms with Gasteiger partial charge in [0.1, 0.15) is 16.5 Å². The maximum Gasteiger partial charge on any atom is 0.269 e. The van der Waals surface area contributed by atoms with Crippen molar-refractivity contribution >= 4 is 28.9 Å². The summed E-state index contributed by atoms with van der Waals surface area (Å²) in [6, 6.07) is 11.0. The minimum Gasteiger partial charge on any atom is -0.467 e. The number of carbonyl (C=O) groups excluding carboxylic acids is 1. The lowest BCUT2D eigenvalue weighted by Gasteiger charge is -2.31. The van der Waals surface area contributed by atoms with Crippen LogP contribution in [-0.2, 0) is 11.3 Å². The summed E-state index contributed by atoms with van der Waals surface area (Å²) in [7, 11) is 0. The molecule has 1 fully saturated rings. The normalized spacial score (nSPS) is 16.9. The second-order valence-electron chi connectivity index (χ2n) is 8.38. The van der Waals surface area contributed by atoms with Crippen LogP contribution >= 0.6 is 11.3 Å². The molecule has 10 heteroatoms. The number of rotatable bonds is 5. The molecule has 0 aliphatic carbocycles. The molecule has 2 aliphatic rings. The molecule has 0 saturated carbocycles. The van der Waals surface area contributed by atoms with Crippen LogP contribution in [0.15, 0.2) is 45.8 Å². The van der Waals surface area contributed by atoms with E-state index >= 15 is 0 Å². The fraction of sp³-hybridized carbons (Fsp3) is 0.320. The van der Waals surface area contributed by atoms with E-state index < -0.39 is 0 Å². The van der Waals surface area contributed by atoms with Gasteiger partial charge in [-0.25, -0.2) is 0 Å². The van der Waals surface area contributed by atoms with E-state index in [1.807, 2.05) is 6.07 Å². The van der Waals surface area contributed by atoms with E-state index in [1.165, 1.54) is 15.7 Å². The van der Waals surface area contributed by atoms with Crippen LogP contribution in [0.5, 0.6) is 11.5 Å². The molecule has 180 valence electrons. The molecule has 3 aromatic rings. The molecule has 1 aromatic carbocycles. The summed E-state index contributed by atoms with van der Waals surface area (Å²) >= 11 is 1.14. The van der Waals surface area contributed by atoms with Crippen molar-refractivity contribution in [3.63, 3.8) is 0 Å². The predicted octanol–water partition coefficient (Wildman–Crippen LogP) is -0.470. The Balaban J connectivity index is 1.61. The SMILES string of the molecule is CC[NH+]1CCN(C(=O)/C(C#N)=c2/s/c(=C\c3ccc4c(c3)OCO4)c(=O)n2Cc2ccco2)CC1. The number of furan rings is 1. The van der Waals surface area contributed by atoms with E-state index in [1.54, 1.807) is 35.2 Å². The van der Waals surface area contributed by atoms with Crippen molar-refractivity contribution in [1.82, 2.24) is 9.47 Å². The van der Waals surface area contributed by atoms with Gasteiger partial charge in [-0.05, 0) is 42.8 Å². The number of nitrogens with one attached hydrogen (secondary N) is 1. The number of benzene rings is 1. The standard InChI is InChI=1S/C25H24N4O5S/c1-2-27-7-9-28(10-8-27)23(30)19(14-26)25-29(15-18-4-3-11-32-18)24(31)22(35-25)13-17-5-6-20-21(12-17)34-16-33-20/h3-6,11-13H,2,7-10,15-16H2,1H3/p+1/b22-13-,25-19+. The Morgan fingerprint density at radius 3 is 2.74 bits per heavy atom. The van der Waals surface area contributed by atoms with Gasteiger partial charge in [0.05, 0.1) is 50.1 Å². The summed E-state index contributed by atoms with van der Waals surface area (Å²) in [5, 5.41) is 10.0. The number of fused-ring (bicyclic) bond motifs is 1. The molecule has 5 rings (SSSR count). The van der Waals surface area contributed by atoms with E-state index in [0.717, 1.165) is 36.5 Å². The number of aromatic nitrogens is 1. The van der Waals surface area contributed by atoms with E-state index in [4.69, 9.17) is 13.9 Å². The summed E-state index contributed by atoms with van der Waals surface area (Å²) < 4.78 is 18.4. The number of hydrogen-bond acceptors (Lipinski definition) is 7. The summed E-state index contributed by atoms with van der Waals surface area (Å²) in [5.41, 5.74) is 0.441. The molecule has 35 heavy (non-hydrogen) atoms. The van der Waals surface area contributed by atoms with Crippen molar-refractivity contribution in [3.05, 3.63) is 67.5 Å². The average molecular weight is 494 g/mol. The molecule has 0 spiro atoms. The molecule has 0 bridgehead atoms. The zero-order valence-corrected chi connectivity index (χ0v) is 20.1.